The molecule has 1 unspecified atom stereocenters. The highest BCUT2D eigenvalue weighted by molar-refractivity contribution is 5.76. The number of rotatable bonds is 6. The van der Waals surface area contributed by atoms with Gasteiger partial charge in [-0.05, 0) is 57.8 Å². The van der Waals surface area contributed by atoms with Crippen LogP contribution in [0.3, 0.4) is 0 Å². The Morgan fingerprint density at radius 2 is 2.00 bits per heavy atom. The minimum atomic E-state index is 0.270. The van der Waals surface area contributed by atoms with E-state index < -0.39 is 0 Å². The van der Waals surface area contributed by atoms with Gasteiger partial charge in [0.05, 0.1) is 6.10 Å². The fraction of sp³-hybridized carbons (Fsp3) is 0.938. The van der Waals surface area contributed by atoms with Crippen molar-refractivity contribution in [1.29, 1.82) is 0 Å². The zero-order valence-electron chi connectivity index (χ0n) is 12.9. The van der Waals surface area contributed by atoms with E-state index in [1.807, 2.05) is 4.90 Å². The van der Waals surface area contributed by atoms with Crippen molar-refractivity contribution < 1.29 is 9.53 Å². The Bertz CT molecular complexity index is 295. The second-order valence-corrected chi connectivity index (χ2v) is 6.39. The van der Waals surface area contributed by atoms with E-state index in [0.717, 1.165) is 51.8 Å². The summed E-state index contributed by atoms with van der Waals surface area (Å²) in [5.74, 6) is 1.01. The molecule has 4 heteroatoms. The van der Waals surface area contributed by atoms with Gasteiger partial charge in [-0.1, -0.05) is 0 Å². The second-order valence-electron chi connectivity index (χ2n) is 6.39. The number of carbonyl (C=O) groups excluding carboxylic acids is 1. The van der Waals surface area contributed by atoms with E-state index in [1.54, 1.807) is 0 Å². The normalized spacial score (nSPS) is 30.4. The van der Waals surface area contributed by atoms with Crippen molar-refractivity contribution in [2.75, 3.05) is 19.7 Å². The summed E-state index contributed by atoms with van der Waals surface area (Å²) >= 11 is 0. The van der Waals surface area contributed by atoms with Gasteiger partial charge in [-0.3, -0.25) is 4.79 Å². The number of hydrogen-bond donors (Lipinski definition) is 1. The first-order chi connectivity index (χ1) is 9.69. The SMILES string of the molecule is CCN(CC1CCCO1)C(=O)CCC1CCC(N)CC1. The van der Waals surface area contributed by atoms with Crippen LogP contribution in [0.2, 0.25) is 0 Å². The van der Waals surface area contributed by atoms with E-state index in [0.29, 0.717) is 24.3 Å². The molecule has 1 aliphatic heterocycles. The molecule has 1 saturated heterocycles. The van der Waals surface area contributed by atoms with Crippen LogP contribution in [-0.2, 0) is 9.53 Å². The van der Waals surface area contributed by atoms with Gasteiger partial charge in [-0.15, -0.1) is 0 Å². The molecule has 0 radical (unpaired) electrons. The number of amides is 1. The summed E-state index contributed by atoms with van der Waals surface area (Å²) in [6.07, 6.45) is 8.90. The Morgan fingerprint density at radius 1 is 1.25 bits per heavy atom. The maximum Gasteiger partial charge on any atom is 0.222 e. The molecule has 2 aliphatic rings. The smallest absolute Gasteiger partial charge is 0.222 e. The third-order valence-corrected chi connectivity index (χ3v) is 4.84. The zero-order chi connectivity index (χ0) is 14.4. The Kier molecular flexibility index (Phi) is 6.30. The Hall–Kier alpha value is -0.610. The summed E-state index contributed by atoms with van der Waals surface area (Å²) in [7, 11) is 0. The lowest BCUT2D eigenvalue weighted by molar-refractivity contribution is -0.132. The molecule has 1 aliphatic carbocycles. The van der Waals surface area contributed by atoms with E-state index in [1.165, 1.54) is 12.8 Å². The molecule has 1 atom stereocenters. The highest BCUT2D eigenvalue weighted by Crippen LogP contribution is 2.27. The third-order valence-electron chi connectivity index (χ3n) is 4.84. The van der Waals surface area contributed by atoms with Crippen molar-refractivity contribution in [3.05, 3.63) is 0 Å². The standard InChI is InChI=1S/C16H30N2O2/c1-2-18(12-15-4-3-11-20-15)16(19)10-7-13-5-8-14(17)9-6-13/h13-15H,2-12,17H2,1H3. The van der Waals surface area contributed by atoms with Crippen molar-refractivity contribution in [2.24, 2.45) is 11.7 Å². The van der Waals surface area contributed by atoms with Crippen LogP contribution < -0.4 is 5.73 Å². The maximum atomic E-state index is 12.3. The van der Waals surface area contributed by atoms with Crippen molar-refractivity contribution in [2.45, 2.75) is 70.4 Å². The van der Waals surface area contributed by atoms with Crippen LogP contribution in [0.5, 0.6) is 0 Å². The molecule has 4 nitrogen and oxygen atoms in total. The van der Waals surface area contributed by atoms with Crippen LogP contribution in [0.1, 0.15) is 58.3 Å². The summed E-state index contributed by atoms with van der Waals surface area (Å²) in [5.41, 5.74) is 5.92. The van der Waals surface area contributed by atoms with E-state index in [4.69, 9.17) is 10.5 Å². The average Bonchev–Trinajstić information content (AvgIpc) is 2.97. The molecule has 0 aromatic heterocycles. The number of carbonyl (C=O) groups is 1. The molecule has 1 amide bonds. The lowest BCUT2D eigenvalue weighted by Crippen LogP contribution is -2.37. The fourth-order valence-electron chi connectivity index (χ4n) is 3.40. The monoisotopic (exact) mass is 282 g/mol. The molecule has 2 fully saturated rings. The van der Waals surface area contributed by atoms with Gasteiger partial charge >= 0.3 is 0 Å². The number of hydrogen-bond acceptors (Lipinski definition) is 3. The molecular weight excluding hydrogens is 252 g/mol. The number of nitrogens with two attached hydrogens (primary N) is 1. The number of nitrogens with zero attached hydrogens (tertiary/aromatic N) is 1. The van der Waals surface area contributed by atoms with Gasteiger partial charge in [0, 0.05) is 32.2 Å². The quantitative estimate of drug-likeness (QED) is 0.813. The summed E-state index contributed by atoms with van der Waals surface area (Å²) in [4.78, 5) is 14.3. The van der Waals surface area contributed by atoms with Gasteiger partial charge in [0.15, 0.2) is 0 Å². The Labute approximate surface area is 123 Å². The van der Waals surface area contributed by atoms with Crippen molar-refractivity contribution in [3.63, 3.8) is 0 Å². The molecule has 0 aromatic carbocycles. The predicted octanol–water partition coefficient (Wildman–Crippen LogP) is 2.31. The summed E-state index contributed by atoms with van der Waals surface area (Å²) in [6.45, 7) is 4.50. The van der Waals surface area contributed by atoms with Crippen LogP contribution in [0, 0.1) is 5.92 Å². The lowest BCUT2D eigenvalue weighted by atomic mass is 9.84. The van der Waals surface area contributed by atoms with E-state index >= 15 is 0 Å². The van der Waals surface area contributed by atoms with E-state index in [9.17, 15) is 4.79 Å². The lowest BCUT2D eigenvalue weighted by Gasteiger charge is -2.28. The van der Waals surface area contributed by atoms with E-state index in [-0.39, 0.29) is 6.10 Å². The molecule has 0 aromatic rings. The largest absolute Gasteiger partial charge is 0.376 e. The van der Waals surface area contributed by atoms with Gasteiger partial charge in [-0.25, -0.2) is 0 Å². The molecule has 20 heavy (non-hydrogen) atoms. The second kappa shape index (κ2) is 7.99. The molecule has 0 bridgehead atoms. The van der Waals surface area contributed by atoms with Gasteiger partial charge in [-0.2, -0.15) is 0 Å². The highest BCUT2D eigenvalue weighted by Gasteiger charge is 2.23. The van der Waals surface area contributed by atoms with Crippen LogP contribution in [-0.4, -0.2) is 42.6 Å². The minimum Gasteiger partial charge on any atom is -0.376 e. The Balaban J connectivity index is 1.68. The first kappa shape index (κ1) is 15.8. The maximum absolute atomic E-state index is 12.3. The molecule has 0 spiro atoms. The number of ether oxygens (including phenoxy) is 1. The third kappa shape index (κ3) is 4.74. The van der Waals surface area contributed by atoms with Crippen molar-refractivity contribution in [1.82, 2.24) is 4.90 Å². The van der Waals surface area contributed by atoms with Gasteiger partial charge in [0.25, 0.3) is 0 Å². The van der Waals surface area contributed by atoms with Crippen LogP contribution in [0.15, 0.2) is 0 Å². The average molecular weight is 282 g/mol. The molecule has 116 valence electrons. The topological polar surface area (TPSA) is 55.6 Å². The highest BCUT2D eigenvalue weighted by atomic mass is 16.5. The molecule has 2 rings (SSSR count). The van der Waals surface area contributed by atoms with Crippen molar-refractivity contribution >= 4 is 5.91 Å². The summed E-state index contributed by atoms with van der Waals surface area (Å²) < 4.78 is 5.63. The fourth-order valence-corrected chi connectivity index (χ4v) is 3.40. The van der Waals surface area contributed by atoms with Gasteiger partial charge < -0.3 is 15.4 Å². The molecule has 1 heterocycles. The predicted molar refractivity (Wildman–Crippen MR) is 80.4 cm³/mol. The molecule has 1 saturated carbocycles. The van der Waals surface area contributed by atoms with Gasteiger partial charge in [0.1, 0.15) is 0 Å². The van der Waals surface area contributed by atoms with Crippen LogP contribution >= 0.6 is 0 Å². The molecule has 2 N–H and O–H groups in total. The van der Waals surface area contributed by atoms with Crippen molar-refractivity contribution in [3.8, 4) is 0 Å². The first-order valence-electron chi connectivity index (χ1n) is 8.34. The van der Waals surface area contributed by atoms with Gasteiger partial charge in [0.2, 0.25) is 5.91 Å². The number of likely N-dealkylation sites (N-methyl/N-ethyl adjacent to an activating group) is 1. The zero-order valence-corrected chi connectivity index (χ0v) is 12.9. The van der Waals surface area contributed by atoms with E-state index in [2.05, 4.69) is 6.92 Å². The van der Waals surface area contributed by atoms with Crippen LogP contribution in [0.25, 0.3) is 0 Å². The minimum absolute atomic E-state index is 0.270. The Morgan fingerprint density at radius 3 is 2.60 bits per heavy atom. The van der Waals surface area contributed by atoms with Crippen LogP contribution in [0.4, 0.5) is 0 Å². The molecular formula is C16H30N2O2. The summed E-state index contributed by atoms with van der Waals surface area (Å²) in [5, 5.41) is 0. The summed E-state index contributed by atoms with van der Waals surface area (Å²) in [6, 6.07) is 0.397. The first-order valence-corrected chi connectivity index (χ1v) is 8.34.